The van der Waals surface area contributed by atoms with Crippen molar-refractivity contribution in [3.8, 4) is 0 Å². The molecule has 1 aliphatic carbocycles. The summed E-state index contributed by atoms with van der Waals surface area (Å²) in [6, 6.07) is 7.82. The number of carbonyl (C=O) groups excluding carboxylic acids is 2. The van der Waals surface area contributed by atoms with Crippen molar-refractivity contribution in [1.82, 2.24) is 15.3 Å². The highest BCUT2D eigenvalue weighted by molar-refractivity contribution is 5.94. The Kier molecular flexibility index (Phi) is 8.81. The molecule has 40 heavy (non-hydrogen) atoms. The summed E-state index contributed by atoms with van der Waals surface area (Å²) in [5.74, 6) is -0.0766. The average Bonchev–Trinajstić information content (AvgIpc) is 3.31. The standard InChI is InChI=1S/C27H33F4N5O4/c1-16(2)21-14-39-25(38)36(21)22-10-12-32-24(35-22)33-17(3)26(40-15-27(29,30)31)11-9-20(19(28)13-26)34-23(37)18-7-5-4-6-8-18/h4-8,10,12,16-17,19-21H,9,11,13-15H2,1-3H3,(H,34,37)(H,32,33,35)/t17-,19?,20?,21+,26?/m0/s1. The van der Waals surface area contributed by atoms with Crippen molar-refractivity contribution >= 4 is 23.8 Å². The van der Waals surface area contributed by atoms with E-state index in [-0.39, 0.29) is 43.2 Å². The van der Waals surface area contributed by atoms with Gasteiger partial charge in [-0.15, -0.1) is 0 Å². The Morgan fingerprint density at radius 1 is 1.23 bits per heavy atom. The molecule has 13 heteroatoms. The van der Waals surface area contributed by atoms with E-state index >= 15 is 4.39 Å². The first kappa shape index (κ1) is 29.5. The molecule has 1 aromatic heterocycles. The molecule has 1 aromatic carbocycles. The molecular weight excluding hydrogens is 534 g/mol. The number of halogens is 4. The van der Waals surface area contributed by atoms with Crippen molar-refractivity contribution in [3.63, 3.8) is 0 Å². The Labute approximate surface area is 229 Å². The summed E-state index contributed by atoms with van der Waals surface area (Å²) < 4.78 is 65.6. The third-order valence-corrected chi connectivity index (χ3v) is 7.43. The summed E-state index contributed by atoms with van der Waals surface area (Å²) in [4.78, 5) is 34.9. The molecule has 0 bridgehead atoms. The Bertz CT molecular complexity index is 1190. The van der Waals surface area contributed by atoms with Crippen LogP contribution in [0, 0.1) is 5.92 Å². The Hall–Kier alpha value is -3.48. The number of hydrogen-bond donors (Lipinski definition) is 2. The molecule has 9 nitrogen and oxygen atoms in total. The predicted molar refractivity (Wildman–Crippen MR) is 139 cm³/mol. The van der Waals surface area contributed by atoms with Gasteiger partial charge in [-0.05, 0) is 43.9 Å². The molecule has 2 amide bonds. The number of amides is 2. The fraction of sp³-hybridized carbons (Fsp3) is 0.556. The monoisotopic (exact) mass is 567 g/mol. The second kappa shape index (κ2) is 11.9. The molecule has 218 valence electrons. The number of carbonyl (C=O) groups is 2. The summed E-state index contributed by atoms with van der Waals surface area (Å²) in [6.07, 6.45) is -5.75. The van der Waals surface area contributed by atoms with Crippen molar-refractivity contribution in [3.05, 3.63) is 48.2 Å². The largest absolute Gasteiger partial charge is 0.447 e. The van der Waals surface area contributed by atoms with Gasteiger partial charge in [0, 0.05) is 18.2 Å². The SMILES string of the molecule is CC(C)[C@H]1COC(=O)N1c1ccnc(N[C@@H](C)C2(OCC(F)(F)F)CCC(NC(=O)c3ccccc3)C(F)C2)n1. The van der Waals surface area contributed by atoms with E-state index in [0.29, 0.717) is 5.56 Å². The third kappa shape index (κ3) is 6.80. The minimum Gasteiger partial charge on any atom is -0.447 e. The third-order valence-electron chi connectivity index (χ3n) is 7.43. The lowest BCUT2D eigenvalue weighted by molar-refractivity contribution is -0.217. The van der Waals surface area contributed by atoms with Gasteiger partial charge in [0.15, 0.2) is 0 Å². The molecule has 0 spiro atoms. The lowest BCUT2D eigenvalue weighted by Crippen LogP contribution is -2.58. The molecule has 4 rings (SSSR count). The molecule has 1 aliphatic heterocycles. The van der Waals surface area contributed by atoms with Crippen molar-refractivity contribution in [2.24, 2.45) is 5.92 Å². The number of rotatable bonds is 9. The number of cyclic esters (lactones) is 1. The highest BCUT2D eigenvalue weighted by atomic mass is 19.4. The number of alkyl halides is 4. The minimum absolute atomic E-state index is 0.0327. The van der Waals surface area contributed by atoms with Crippen molar-refractivity contribution in [2.45, 2.75) is 76.1 Å². The highest BCUT2D eigenvalue weighted by Crippen LogP contribution is 2.39. The topological polar surface area (TPSA) is 106 Å². The lowest BCUT2D eigenvalue weighted by atomic mass is 9.76. The summed E-state index contributed by atoms with van der Waals surface area (Å²) in [6.45, 7) is 4.09. The van der Waals surface area contributed by atoms with Gasteiger partial charge in [-0.1, -0.05) is 32.0 Å². The van der Waals surface area contributed by atoms with Crippen LogP contribution in [0.2, 0.25) is 0 Å². The number of anilines is 2. The molecule has 5 atom stereocenters. The van der Waals surface area contributed by atoms with Gasteiger partial charge >= 0.3 is 12.3 Å². The van der Waals surface area contributed by atoms with Crippen LogP contribution >= 0.6 is 0 Å². The van der Waals surface area contributed by atoms with E-state index in [9.17, 15) is 22.8 Å². The minimum atomic E-state index is -4.63. The average molecular weight is 568 g/mol. The molecular formula is C27H33F4N5O4. The number of ether oxygens (including phenoxy) is 2. The van der Waals surface area contributed by atoms with Crippen molar-refractivity contribution in [1.29, 1.82) is 0 Å². The Morgan fingerprint density at radius 2 is 1.95 bits per heavy atom. The number of benzene rings is 1. The summed E-state index contributed by atoms with van der Waals surface area (Å²) in [7, 11) is 0. The fourth-order valence-electron chi connectivity index (χ4n) is 5.10. The van der Waals surface area contributed by atoms with Crippen LogP contribution in [0.3, 0.4) is 0 Å². The molecule has 2 aliphatic rings. The molecule has 3 unspecified atom stereocenters. The van der Waals surface area contributed by atoms with E-state index in [1.807, 2.05) is 13.8 Å². The zero-order valence-corrected chi connectivity index (χ0v) is 22.5. The first-order chi connectivity index (χ1) is 18.9. The van der Waals surface area contributed by atoms with E-state index in [0.717, 1.165) is 0 Å². The molecule has 1 saturated heterocycles. The molecule has 2 N–H and O–H groups in total. The lowest BCUT2D eigenvalue weighted by Gasteiger charge is -2.45. The normalized spacial score (nSPS) is 25.9. The van der Waals surface area contributed by atoms with Crippen LogP contribution in [0.25, 0.3) is 0 Å². The van der Waals surface area contributed by atoms with Crippen LogP contribution in [0.4, 0.5) is 34.1 Å². The second-order valence-corrected chi connectivity index (χ2v) is 10.5. The van der Waals surface area contributed by atoms with Gasteiger partial charge in [-0.25, -0.2) is 14.2 Å². The maximum Gasteiger partial charge on any atom is 0.415 e. The zero-order chi connectivity index (χ0) is 29.1. The van der Waals surface area contributed by atoms with Crippen LogP contribution < -0.4 is 15.5 Å². The second-order valence-electron chi connectivity index (χ2n) is 10.5. The van der Waals surface area contributed by atoms with Crippen LogP contribution in [0.1, 0.15) is 50.4 Å². The van der Waals surface area contributed by atoms with Crippen molar-refractivity contribution < 1.29 is 36.6 Å². The van der Waals surface area contributed by atoms with Gasteiger partial charge in [0.05, 0.1) is 23.7 Å². The van der Waals surface area contributed by atoms with Gasteiger partial charge in [0.25, 0.3) is 5.91 Å². The van der Waals surface area contributed by atoms with Gasteiger partial charge in [-0.3, -0.25) is 9.69 Å². The number of aromatic nitrogens is 2. The molecule has 2 aromatic rings. The Morgan fingerprint density at radius 3 is 2.60 bits per heavy atom. The smallest absolute Gasteiger partial charge is 0.415 e. The Balaban J connectivity index is 1.51. The summed E-state index contributed by atoms with van der Waals surface area (Å²) >= 11 is 0. The van der Waals surface area contributed by atoms with E-state index in [4.69, 9.17) is 9.47 Å². The van der Waals surface area contributed by atoms with Gasteiger partial charge in [-0.2, -0.15) is 18.2 Å². The van der Waals surface area contributed by atoms with E-state index in [1.54, 1.807) is 37.3 Å². The first-order valence-corrected chi connectivity index (χ1v) is 13.1. The number of nitrogens with zero attached hydrogens (tertiary/aromatic N) is 3. The van der Waals surface area contributed by atoms with Crippen LogP contribution in [-0.4, -0.2) is 71.3 Å². The summed E-state index contributed by atoms with van der Waals surface area (Å²) in [5.41, 5.74) is -1.22. The zero-order valence-electron chi connectivity index (χ0n) is 22.5. The van der Waals surface area contributed by atoms with Crippen LogP contribution in [0.15, 0.2) is 42.6 Å². The van der Waals surface area contributed by atoms with Crippen molar-refractivity contribution in [2.75, 3.05) is 23.4 Å². The van der Waals surface area contributed by atoms with Gasteiger partial charge in [0.2, 0.25) is 5.95 Å². The van der Waals surface area contributed by atoms with Crippen LogP contribution in [-0.2, 0) is 9.47 Å². The number of hydrogen-bond acceptors (Lipinski definition) is 7. The maximum atomic E-state index is 15.5. The van der Waals surface area contributed by atoms with Gasteiger partial charge in [0.1, 0.15) is 25.2 Å². The fourth-order valence-corrected chi connectivity index (χ4v) is 5.10. The summed E-state index contributed by atoms with van der Waals surface area (Å²) in [5, 5.41) is 5.62. The van der Waals surface area contributed by atoms with Gasteiger partial charge < -0.3 is 20.1 Å². The molecule has 2 heterocycles. The molecule has 0 radical (unpaired) electrons. The maximum absolute atomic E-state index is 15.5. The van der Waals surface area contributed by atoms with E-state index < -0.39 is 55.1 Å². The highest BCUT2D eigenvalue weighted by Gasteiger charge is 2.48. The number of nitrogens with one attached hydrogen (secondary N) is 2. The molecule has 1 saturated carbocycles. The molecule has 2 fully saturated rings. The first-order valence-electron chi connectivity index (χ1n) is 13.1. The van der Waals surface area contributed by atoms with Crippen LogP contribution in [0.5, 0.6) is 0 Å². The quantitative estimate of drug-likeness (QED) is 0.416. The van der Waals surface area contributed by atoms with E-state index in [1.165, 1.54) is 17.2 Å². The van der Waals surface area contributed by atoms with E-state index in [2.05, 4.69) is 20.6 Å². The predicted octanol–water partition coefficient (Wildman–Crippen LogP) is 4.90.